The molecule has 0 radical (unpaired) electrons. The van der Waals surface area contributed by atoms with Crippen LogP contribution in [0.1, 0.15) is 30.5 Å². The number of hydrogen-bond acceptors (Lipinski definition) is 5. The molecule has 0 aliphatic rings. The summed E-state index contributed by atoms with van der Waals surface area (Å²) >= 11 is 0. The first-order valence-corrected chi connectivity index (χ1v) is 10.7. The van der Waals surface area contributed by atoms with E-state index in [1.807, 2.05) is 26.0 Å². The van der Waals surface area contributed by atoms with Crippen molar-refractivity contribution in [2.75, 3.05) is 32.1 Å². The van der Waals surface area contributed by atoms with Crippen molar-refractivity contribution < 1.29 is 13.5 Å². The van der Waals surface area contributed by atoms with Crippen LogP contribution in [-0.4, -0.2) is 51.2 Å². The van der Waals surface area contributed by atoms with E-state index in [1.54, 1.807) is 24.4 Å². The van der Waals surface area contributed by atoms with Gasteiger partial charge in [0.25, 0.3) is 0 Å². The maximum atomic E-state index is 12.5. The highest BCUT2D eigenvalue weighted by atomic mass is 32.2. The van der Waals surface area contributed by atoms with E-state index in [2.05, 4.69) is 23.7 Å². The van der Waals surface area contributed by atoms with Gasteiger partial charge in [-0.25, -0.2) is 12.7 Å². The first kappa shape index (κ1) is 21.9. The predicted molar refractivity (Wildman–Crippen MR) is 116 cm³/mol. The maximum Gasteiger partial charge on any atom is 0.242 e. The summed E-state index contributed by atoms with van der Waals surface area (Å²) in [7, 11) is -0.540. The van der Waals surface area contributed by atoms with Crippen molar-refractivity contribution in [2.45, 2.75) is 32.6 Å². The van der Waals surface area contributed by atoms with Crippen LogP contribution in [0.15, 0.2) is 40.2 Å². The lowest BCUT2D eigenvalue weighted by atomic mass is 10.1. The number of anilines is 1. The predicted octanol–water partition coefficient (Wildman–Crippen LogP) is 3.86. The molecule has 0 aliphatic heterocycles. The average molecular weight is 404 g/mol. The smallest absolute Gasteiger partial charge is 0.242 e. The van der Waals surface area contributed by atoms with Crippen LogP contribution >= 0.6 is 0 Å². The summed E-state index contributed by atoms with van der Waals surface area (Å²) in [6.07, 6.45) is 1.56. The molecule has 2 aromatic carbocycles. The van der Waals surface area contributed by atoms with Gasteiger partial charge in [-0.3, -0.25) is 4.99 Å². The van der Waals surface area contributed by atoms with Crippen molar-refractivity contribution in [3.8, 4) is 5.75 Å². The van der Waals surface area contributed by atoms with Gasteiger partial charge >= 0.3 is 0 Å². The second kappa shape index (κ2) is 8.75. The van der Waals surface area contributed by atoms with Gasteiger partial charge in [0.2, 0.25) is 10.0 Å². The Morgan fingerprint density at radius 1 is 1.07 bits per heavy atom. The summed E-state index contributed by atoms with van der Waals surface area (Å²) in [5.74, 6) is 0.139. The molecule has 1 N–H and O–H groups in total. The molecule has 2 aromatic rings. The van der Waals surface area contributed by atoms with Crippen LogP contribution in [0, 0.1) is 13.8 Å². The molecule has 28 heavy (non-hydrogen) atoms. The number of phenolic OH excluding ortho intramolecular Hbond substituents is 1. The molecule has 0 saturated carbocycles. The Kier molecular flexibility index (Phi) is 6.85. The van der Waals surface area contributed by atoms with Gasteiger partial charge in [-0.05, 0) is 63.1 Å². The van der Waals surface area contributed by atoms with Crippen molar-refractivity contribution in [2.24, 2.45) is 4.99 Å². The van der Waals surface area contributed by atoms with Crippen LogP contribution in [0.25, 0.3) is 0 Å². The van der Waals surface area contributed by atoms with E-state index in [1.165, 1.54) is 18.4 Å². The van der Waals surface area contributed by atoms with Crippen molar-refractivity contribution in [1.29, 1.82) is 0 Å². The topological polar surface area (TPSA) is 73.2 Å². The Bertz CT molecular complexity index is 979. The highest BCUT2D eigenvalue weighted by molar-refractivity contribution is 7.89. The summed E-state index contributed by atoms with van der Waals surface area (Å²) < 4.78 is 26.1. The highest BCUT2D eigenvalue weighted by Gasteiger charge is 2.19. The number of nitrogens with zero attached hydrogens (tertiary/aromatic N) is 3. The lowest BCUT2D eigenvalue weighted by Gasteiger charge is -2.21. The van der Waals surface area contributed by atoms with E-state index in [0.29, 0.717) is 11.3 Å². The molecule has 2 rings (SSSR count). The molecular formula is C21H29N3O3S. The first-order chi connectivity index (χ1) is 13.1. The van der Waals surface area contributed by atoms with Crippen molar-refractivity contribution in [1.82, 2.24) is 4.31 Å². The van der Waals surface area contributed by atoms with Gasteiger partial charge in [-0.15, -0.1) is 0 Å². The third kappa shape index (κ3) is 4.54. The normalized spacial score (nSPS) is 12.1. The molecule has 0 heterocycles. The zero-order valence-electron chi connectivity index (χ0n) is 17.4. The van der Waals surface area contributed by atoms with Crippen LogP contribution in [-0.2, 0) is 10.0 Å². The summed E-state index contributed by atoms with van der Waals surface area (Å²) in [5, 5.41) is 10.4. The maximum absolute atomic E-state index is 12.5. The number of benzene rings is 2. The van der Waals surface area contributed by atoms with Gasteiger partial charge in [-0.1, -0.05) is 0 Å². The van der Waals surface area contributed by atoms with E-state index in [-0.39, 0.29) is 10.6 Å². The average Bonchev–Trinajstić information content (AvgIpc) is 2.64. The lowest BCUT2D eigenvalue weighted by Crippen LogP contribution is -2.22. The third-order valence-corrected chi connectivity index (χ3v) is 6.67. The van der Waals surface area contributed by atoms with Gasteiger partial charge in [0, 0.05) is 50.7 Å². The van der Waals surface area contributed by atoms with Gasteiger partial charge in [0.1, 0.15) is 5.75 Å². The van der Waals surface area contributed by atoms with Crippen LogP contribution in [0.4, 0.5) is 11.4 Å². The molecular weight excluding hydrogens is 374 g/mol. The minimum atomic E-state index is -3.55. The molecule has 0 unspecified atom stereocenters. The molecule has 0 atom stereocenters. The number of phenols is 1. The number of hydrogen-bond donors (Lipinski definition) is 1. The zero-order valence-corrected chi connectivity index (χ0v) is 18.2. The third-order valence-electron chi connectivity index (χ3n) is 4.88. The second-order valence-electron chi connectivity index (χ2n) is 6.85. The fourth-order valence-corrected chi connectivity index (χ4v) is 3.88. The Balaban J connectivity index is 2.43. The van der Waals surface area contributed by atoms with E-state index in [4.69, 9.17) is 0 Å². The lowest BCUT2D eigenvalue weighted by molar-refractivity contribution is 0.474. The molecule has 152 valence electrons. The molecule has 7 heteroatoms. The zero-order chi connectivity index (χ0) is 21.1. The Hall–Kier alpha value is -2.38. The summed E-state index contributed by atoms with van der Waals surface area (Å²) in [6, 6.07) is 8.70. The summed E-state index contributed by atoms with van der Waals surface area (Å²) in [6.45, 7) is 9.60. The van der Waals surface area contributed by atoms with Gasteiger partial charge < -0.3 is 10.0 Å². The van der Waals surface area contributed by atoms with E-state index >= 15 is 0 Å². The van der Waals surface area contributed by atoms with E-state index in [9.17, 15) is 13.5 Å². The fraction of sp³-hybridized carbons (Fsp3) is 0.381. The van der Waals surface area contributed by atoms with Crippen molar-refractivity contribution in [3.63, 3.8) is 0 Å². The number of rotatable bonds is 7. The standard InChI is InChI=1S/C21H29N3O3S/c1-7-24(8-2)18-10-9-17(21(25)12-18)14-22-20-13-19(11-15(3)16(20)4)28(26,27)23(5)6/h9-14,25H,7-8H2,1-6H3. The van der Waals surface area contributed by atoms with E-state index in [0.717, 1.165) is 29.9 Å². The number of aryl methyl sites for hydroxylation is 1. The monoisotopic (exact) mass is 403 g/mol. The minimum Gasteiger partial charge on any atom is -0.507 e. The van der Waals surface area contributed by atoms with Crippen LogP contribution in [0.5, 0.6) is 5.75 Å². The van der Waals surface area contributed by atoms with E-state index < -0.39 is 10.0 Å². The molecule has 0 saturated heterocycles. The molecule has 0 amide bonds. The summed E-state index contributed by atoms with van der Waals surface area (Å²) in [5.41, 5.74) is 3.83. The summed E-state index contributed by atoms with van der Waals surface area (Å²) in [4.78, 5) is 6.81. The quantitative estimate of drug-likeness (QED) is 0.713. The molecule has 0 fully saturated rings. The van der Waals surface area contributed by atoms with Crippen molar-refractivity contribution in [3.05, 3.63) is 47.0 Å². The SMILES string of the molecule is CCN(CC)c1ccc(C=Nc2cc(S(=O)(=O)N(C)C)cc(C)c2C)c(O)c1. The number of aromatic hydroxyl groups is 1. The molecule has 0 spiro atoms. The van der Waals surface area contributed by atoms with Gasteiger partial charge in [0.15, 0.2) is 0 Å². The first-order valence-electron chi connectivity index (χ1n) is 9.27. The number of sulfonamides is 1. The van der Waals surface area contributed by atoms with Crippen LogP contribution in [0.2, 0.25) is 0 Å². The Morgan fingerprint density at radius 3 is 2.25 bits per heavy atom. The Morgan fingerprint density at radius 2 is 1.71 bits per heavy atom. The van der Waals surface area contributed by atoms with Crippen LogP contribution in [0.3, 0.4) is 0 Å². The van der Waals surface area contributed by atoms with Gasteiger partial charge in [0.05, 0.1) is 10.6 Å². The fourth-order valence-electron chi connectivity index (χ4n) is 2.87. The van der Waals surface area contributed by atoms with Crippen LogP contribution < -0.4 is 4.90 Å². The minimum absolute atomic E-state index is 0.139. The largest absolute Gasteiger partial charge is 0.507 e. The second-order valence-corrected chi connectivity index (χ2v) is 9.00. The molecule has 0 bridgehead atoms. The Labute approximate surface area is 168 Å². The highest BCUT2D eigenvalue weighted by Crippen LogP contribution is 2.29. The van der Waals surface area contributed by atoms with Gasteiger partial charge in [-0.2, -0.15) is 0 Å². The van der Waals surface area contributed by atoms with Crippen molar-refractivity contribution >= 4 is 27.6 Å². The number of aliphatic imine (C=N–C) groups is 1. The molecule has 0 aliphatic carbocycles. The molecule has 6 nitrogen and oxygen atoms in total. The molecule has 0 aromatic heterocycles.